The maximum Gasteiger partial charge on any atom is 0.252 e. The van der Waals surface area contributed by atoms with Crippen molar-refractivity contribution in [1.29, 1.82) is 0 Å². The average molecular weight is 344 g/mol. The molecule has 1 fully saturated rings. The zero-order valence-electron chi connectivity index (χ0n) is 11.3. The number of hydrogen-bond donors (Lipinski definition) is 1. The largest absolute Gasteiger partial charge is 0.376 e. The Kier molecular flexibility index (Phi) is 5.98. The predicted molar refractivity (Wildman–Crippen MR) is 79.3 cm³/mol. The second-order valence-corrected chi connectivity index (χ2v) is 5.78. The molecule has 1 aromatic rings. The summed E-state index contributed by atoms with van der Waals surface area (Å²) in [4.78, 5) is 11.9. The zero-order chi connectivity index (χ0) is 14.4. The molecule has 0 spiro atoms. The number of ether oxygens (including phenoxy) is 1. The molecule has 0 heterocycles. The highest BCUT2D eigenvalue weighted by molar-refractivity contribution is 9.10. The van der Waals surface area contributed by atoms with E-state index in [1.165, 1.54) is 31.4 Å². The predicted octanol–water partition coefficient (Wildman–Crippen LogP) is 3.67. The van der Waals surface area contributed by atoms with E-state index in [0.29, 0.717) is 24.8 Å². The summed E-state index contributed by atoms with van der Waals surface area (Å²) in [6.07, 6.45) is 6.32. The third-order valence-corrected chi connectivity index (χ3v) is 4.30. The van der Waals surface area contributed by atoms with Crippen LogP contribution >= 0.6 is 15.9 Å². The van der Waals surface area contributed by atoms with Crippen molar-refractivity contribution >= 4 is 21.8 Å². The van der Waals surface area contributed by atoms with E-state index in [-0.39, 0.29) is 10.4 Å². The van der Waals surface area contributed by atoms with Crippen molar-refractivity contribution in [3.8, 4) is 0 Å². The molecule has 1 aliphatic rings. The fourth-order valence-electron chi connectivity index (χ4n) is 2.40. The fraction of sp³-hybridized carbons (Fsp3) is 0.533. The van der Waals surface area contributed by atoms with E-state index in [2.05, 4.69) is 21.2 Å². The van der Waals surface area contributed by atoms with Crippen molar-refractivity contribution in [2.24, 2.45) is 0 Å². The van der Waals surface area contributed by atoms with Gasteiger partial charge in [-0.1, -0.05) is 25.3 Å². The van der Waals surface area contributed by atoms with Gasteiger partial charge in [-0.05, 0) is 40.9 Å². The molecular formula is C15H19BrFNO2. The van der Waals surface area contributed by atoms with Crippen molar-refractivity contribution in [3.63, 3.8) is 0 Å². The maximum atomic E-state index is 13.3. The molecule has 1 aliphatic carbocycles. The van der Waals surface area contributed by atoms with Gasteiger partial charge in [-0.25, -0.2) is 4.39 Å². The third kappa shape index (κ3) is 4.28. The van der Waals surface area contributed by atoms with Crippen LogP contribution in [0.25, 0.3) is 0 Å². The van der Waals surface area contributed by atoms with Gasteiger partial charge in [0.1, 0.15) is 5.82 Å². The van der Waals surface area contributed by atoms with Gasteiger partial charge in [-0.15, -0.1) is 0 Å². The second-order valence-electron chi connectivity index (χ2n) is 4.99. The molecule has 1 aromatic carbocycles. The van der Waals surface area contributed by atoms with Crippen LogP contribution in [-0.2, 0) is 4.74 Å². The fourth-order valence-corrected chi connectivity index (χ4v) is 2.84. The van der Waals surface area contributed by atoms with Gasteiger partial charge >= 0.3 is 0 Å². The Hall–Kier alpha value is -0.940. The molecule has 20 heavy (non-hydrogen) atoms. The Balaban J connectivity index is 1.73. The summed E-state index contributed by atoms with van der Waals surface area (Å²) in [5, 5.41) is 2.75. The summed E-state index contributed by atoms with van der Waals surface area (Å²) < 4.78 is 19.2. The molecule has 1 saturated carbocycles. The molecule has 0 aliphatic heterocycles. The maximum absolute atomic E-state index is 13.3. The standard InChI is InChI=1S/C15H19BrFNO2/c16-14-12(7-4-8-13(14)17)15(19)18-9-10-20-11-5-2-1-3-6-11/h4,7-8,11H,1-3,5-6,9-10H2,(H,18,19). The number of halogens is 2. The molecular weight excluding hydrogens is 325 g/mol. The van der Waals surface area contributed by atoms with Crippen molar-refractivity contribution in [2.45, 2.75) is 38.2 Å². The first kappa shape index (κ1) is 15.4. The second kappa shape index (κ2) is 7.74. The molecule has 0 atom stereocenters. The number of rotatable bonds is 5. The van der Waals surface area contributed by atoms with Gasteiger partial charge in [0.25, 0.3) is 5.91 Å². The minimum absolute atomic E-state index is 0.200. The Morgan fingerprint density at radius 1 is 1.35 bits per heavy atom. The van der Waals surface area contributed by atoms with E-state index in [0.717, 1.165) is 12.8 Å². The van der Waals surface area contributed by atoms with Crippen LogP contribution in [0.3, 0.4) is 0 Å². The van der Waals surface area contributed by atoms with E-state index < -0.39 is 5.82 Å². The summed E-state index contributed by atoms with van der Waals surface area (Å²) in [5.41, 5.74) is 0.308. The smallest absolute Gasteiger partial charge is 0.252 e. The SMILES string of the molecule is O=C(NCCOC1CCCCC1)c1cccc(F)c1Br. The minimum Gasteiger partial charge on any atom is -0.376 e. The highest BCUT2D eigenvalue weighted by Gasteiger charge is 2.15. The molecule has 2 rings (SSSR count). The molecule has 0 unspecified atom stereocenters. The Labute approximate surface area is 127 Å². The lowest BCUT2D eigenvalue weighted by atomic mass is 9.98. The van der Waals surface area contributed by atoms with Gasteiger partial charge < -0.3 is 10.1 Å². The monoisotopic (exact) mass is 343 g/mol. The Morgan fingerprint density at radius 2 is 2.10 bits per heavy atom. The van der Waals surface area contributed by atoms with Gasteiger partial charge in [0.15, 0.2) is 0 Å². The number of carbonyl (C=O) groups is 1. The summed E-state index contributed by atoms with van der Waals surface area (Å²) >= 11 is 3.09. The number of hydrogen-bond acceptors (Lipinski definition) is 2. The van der Waals surface area contributed by atoms with Crippen LogP contribution in [0.4, 0.5) is 4.39 Å². The molecule has 5 heteroatoms. The van der Waals surface area contributed by atoms with Gasteiger partial charge in [-0.3, -0.25) is 4.79 Å². The van der Waals surface area contributed by atoms with E-state index in [9.17, 15) is 9.18 Å². The quantitative estimate of drug-likeness (QED) is 0.828. The van der Waals surface area contributed by atoms with E-state index in [4.69, 9.17) is 4.74 Å². The third-order valence-electron chi connectivity index (χ3n) is 3.49. The van der Waals surface area contributed by atoms with Gasteiger partial charge in [0, 0.05) is 6.54 Å². The number of nitrogens with one attached hydrogen (secondary N) is 1. The zero-order valence-corrected chi connectivity index (χ0v) is 12.9. The van der Waals surface area contributed by atoms with Crippen molar-refractivity contribution in [2.75, 3.05) is 13.2 Å². The van der Waals surface area contributed by atoms with E-state index in [1.54, 1.807) is 6.07 Å². The molecule has 0 bridgehead atoms. The van der Waals surface area contributed by atoms with Gasteiger partial charge in [-0.2, -0.15) is 0 Å². The van der Waals surface area contributed by atoms with Gasteiger partial charge in [0.05, 0.1) is 22.7 Å². The van der Waals surface area contributed by atoms with Crippen LogP contribution in [0.15, 0.2) is 22.7 Å². The first-order valence-corrected chi connectivity index (χ1v) is 7.81. The molecule has 0 radical (unpaired) electrons. The Bertz CT molecular complexity index is 461. The van der Waals surface area contributed by atoms with Crippen LogP contribution in [0.5, 0.6) is 0 Å². The van der Waals surface area contributed by atoms with E-state index in [1.807, 2.05) is 0 Å². The number of benzene rings is 1. The highest BCUT2D eigenvalue weighted by atomic mass is 79.9. The lowest BCUT2D eigenvalue weighted by Gasteiger charge is -2.22. The lowest BCUT2D eigenvalue weighted by Crippen LogP contribution is -2.29. The molecule has 3 nitrogen and oxygen atoms in total. The summed E-state index contributed by atoms with van der Waals surface area (Å²) in [6, 6.07) is 4.42. The highest BCUT2D eigenvalue weighted by Crippen LogP contribution is 2.21. The van der Waals surface area contributed by atoms with Crippen LogP contribution < -0.4 is 5.32 Å². The van der Waals surface area contributed by atoms with Crippen LogP contribution in [0, 0.1) is 5.82 Å². The van der Waals surface area contributed by atoms with Crippen molar-refractivity contribution < 1.29 is 13.9 Å². The Morgan fingerprint density at radius 3 is 2.85 bits per heavy atom. The van der Waals surface area contributed by atoms with Crippen LogP contribution in [0.1, 0.15) is 42.5 Å². The molecule has 1 N–H and O–H groups in total. The molecule has 0 saturated heterocycles. The topological polar surface area (TPSA) is 38.3 Å². The normalized spacial score (nSPS) is 16.1. The average Bonchev–Trinajstić information content (AvgIpc) is 2.47. The molecule has 1 amide bonds. The summed E-state index contributed by atoms with van der Waals surface area (Å²) in [6.45, 7) is 0.946. The minimum atomic E-state index is -0.434. The first-order valence-electron chi connectivity index (χ1n) is 7.02. The van der Waals surface area contributed by atoms with Gasteiger partial charge in [0.2, 0.25) is 0 Å². The summed E-state index contributed by atoms with van der Waals surface area (Å²) in [7, 11) is 0. The number of amides is 1. The first-order chi connectivity index (χ1) is 9.68. The lowest BCUT2D eigenvalue weighted by molar-refractivity contribution is 0.0299. The van der Waals surface area contributed by atoms with E-state index >= 15 is 0 Å². The van der Waals surface area contributed by atoms with Crippen molar-refractivity contribution in [3.05, 3.63) is 34.1 Å². The molecule has 0 aromatic heterocycles. The number of carbonyl (C=O) groups excluding carboxylic acids is 1. The molecule has 110 valence electrons. The van der Waals surface area contributed by atoms with Crippen LogP contribution in [0.2, 0.25) is 0 Å². The van der Waals surface area contributed by atoms with Crippen LogP contribution in [-0.4, -0.2) is 25.2 Å². The summed E-state index contributed by atoms with van der Waals surface area (Å²) in [5.74, 6) is -0.722. The van der Waals surface area contributed by atoms with Crippen molar-refractivity contribution in [1.82, 2.24) is 5.32 Å².